The standard InChI is InChI=1S/C24H31NO5S/c1-3-4-5-14-30-22-11-9-20(10-12-22)24(26)25(21-13-15-31(27,28)18-21)17-19-7-6-8-23(16-19)29-2/h6-12,16,21H,3-5,13-15,17-18H2,1-2H3/t21-/m0/s1. The minimum Gasteiger partial charge on any atom is -0.497 e. The van der Waals surface area contributed by atoms with Gasteiger partial charge >= 0.3 is 0 Å². The van der Waals surface area contributed by atoms with E-state index in [9.17, 15) is 13.2 Å². The molecule has 0 N–H and O–H groups in total. The first kappa shape index (κ1) is 23.1. The van der Waals surface area contributed by atoms with Crippen LogP contribution >= 0.6 is 0 Å². The van der Waals surface area contributed by atoms with Crippen molar-refractivity contribution in [2.75, 3.05) is 25.2 Å². The van der Waals surface area contributed by atoms with Crippen molar-refractivity contribution >= 4 is 15.7 Å². The van der Waals surface area contributed by atoms with E-state index in [4.69, 9.17) is 9.47 Å². The predicted octanol–water partition coefficient (Wildman–Crippen LogP) is 4.09. The summed E-state index contributed by atoms with van der Waals surface area (Å²) in [4.78, 5) is 15.0. The SMILES string of the molecule is CCCCCOc1ccc(C(=O)N(Cc2cccc(OC)c2)[C@H]2CCS(=O)(=O)C2)cc1. The van der Waals surface area contributed by atoms with Crippen LogP contribution in [0.3, 0.4) is 0 Å². The lowest BCUT2D eigenvalue weighted by Gasteiger charge is -2.29. The van der Waals surface area contributed by atoms with Crippen molar-refractivity contribution in [2.24, 2.45) is 0 Å². The first-order chi connectivity index (χ1) is 14.9. The Morgan fingerprint density at radius 1 is 1.10 bits per heavy atom. The minimum absolute atomic E-state index is 0.00132. The van der Waals surface area contributed by atoms with E-state index in [-0.39, 0.29) is 23.5 Å². The van der Waals surface area contributed by atoms with Gasteiger partial charge in [-0.15, -0.1) is 0 Å². The number of carbonyl (C=O) groups is 1. The Hall–Kier alpha value is -2.54. The van der Waals surface area contributed by atoms with E-state index >= 15 is 0 Å². The minimum atomic E-state index is -3.12. The second-order valence-electron chi connectivity index (χ2n) is 7.92. The number of unbranched alkanes of at least 4 members (excludes halogenated alkanes) is 2. The summed E-state index contributed by atoms with van der Waals surface area (Å²) in [5.41, 5.74) is 1.42. The Bertz CT molecular complexity index is 972. The van der Waals surface area contributed by atoms with Crippen molar-refractivity contribution in [1.29, 1.82) is 0 Å². The van der Waals surface area contributed by atoms with Gasteiger partial charge in [0.2, 0.25) is 0 Å². The summed E-state index contributed by atoms with van der Waals surface area (Å²) in [5, 5.41) is 0. The third-order valence-electron chi connectivity index (χ3n) is 5.51. The maximum absolute atomic E-state index is 13.4. The normalized spacial score (nSPS) is 17.3. The van der Waals surface area contributed by atoms with Crippen LogP contribution in [0.1, 0.15) is 48.5 Å². The molecule has 1 heterocycles. The van der Waals surface area contributed by atoms with Gasteiger partial charge in [0, 0.05) is 18.2 Å². The summed E-state index contributed by atoms with van der Waals surface area (Å²) in [6.07, 6.45) is 3.72. The number of benzene rings is 2. The van der Waals surface area contributed by atoms with Crippen molar-refractivity contribution in [3.05, 3.63) is 59.7 Å². The van der Waals surface area contributed by atoms with Crippen molar-refractivity contribution in [2.45, 2.75) is 45.2 Å². The van der Waals surface area contributed by atoms with E-state index in [0.717, 1.165) is 30.6 Å². The van der Waals surface area contributed by atoms with E-state index in [1.807, 2.05) is 24.3 Å². The van der Waals surface area contributed by atoms with E-state index in [2.05, 4.69) is 6.92 Å². The summed E-state index contributed by atoms with van der Waals surface area (Å²) >= 11 is 0. The molecule has 1 amide bonds. The topological polar surface area (TPSA) is 72.9 Å². The van der Waals surface area contributed by atoms with Crippen LogP contribution in [0.2, 0.25) is 0 Å². The highest BCUT2D eigenvalue weighted by Crippen LogP contribution is 2.24. The Morgan fingerprint density at radius 3 is 2.52 bits per heavy atom. The number of methoxy groups -OCH3 is 1. The largest absolute Gasteiger partial charge is 0.497 e. The van der Waals surface area contributed by atoms with Gasteiger partial charge in [-0.25, -0.2) is 8.42 Å². The highest BCUT2D eigenvalue weighted by atomic mass is 32.2. The molecule has 0 aliphatic carbocycles. The van der Waals surface area contributed by atoms with E-state index < -0.39 is 9.84 Å². The number of amides is 1. The fourth-order valence-corrected chi connectivity index (χ4v) is 5.49. The van der Waals surface area contributed by atoms with Gasteiger partial charge in [-0.1, -0.05) is 31.9 Å². The average Bonchev–Trinajstić information content (AvgIpc) is 3.14. The molecule has 6 nitrogen and oxygen atoms in total. The smallest absolute Gasteiger partial charge is 0.254 e. The maximum atomic E-state index is 13.4. The van der Waals surface area contributed by atoms with Gasteiger partial charge < -0.3 is 14.4 Å². The molecule has 1 aliphatic heterocycles. The lowest BCUT2D eigenvalue weighted by molar-refractivity contribution is 0.0680. The van der Waals surface area contributed by atoms with E-state index in [1.165, 1.54) is 0 Å². The first-order valence-electron chi connectivity index (χ1n) is 10.8. The molecule has 1 aliphatic rings. The van der Waals surface area contributed by atoms with Gasteiger partial charge in [0.1, 0.15) is 11.5 Å². The van der Waals surface area contributed by atoms with Gasteiger partial charge in [0.25, 0.3) is 5.91 Å². The Kier molecular flexibility index (Phi) is 7.96. The van der Waals surface area contributed by atoms with Crippen molar-refractivity contribution in [3.8, 4) is 11.5 Å². The lowest BCUT2D eigenvalue weighted by Crippen LogP contribution is -2.40. The molecule has 0 saturated carbocycles. The molecule has 0 aromatic heterocycles. The molecule has 1 saturated heterocycles. The molecule has 0 spiro atoms. The molecule has 0 bridgehead atoms. The second kappa shape index (κ2) is 10.7. The zero-order valence-electron chi connectivity index (χ0n) is 18.2. The Morgan fingerprint density at radius 2 is 1.87 bits per heavy atom. The van der Waals surface area contributed by atoms with Crippen LogP contribution in [0, 0.1) is 0 Å². The average molecular weight is 446 g/mol. The van der Waals surface area contributed by atoms with Gasteiger partial charge in [0.15, 0.2) is 9.84 Å². The third-order valence-corrected chi connectivity index (χ3v) is 7.27. The zero-order chi connectivity index (χ0) is 22.3. The number of hydrogen-bond donors (Lipinski definition) is 0. The summed E-state index contributed by atoms with van der Waals surface area (Å²) in [6, 6.07) is 14.3. The second-order valence-corrected chi connectivity index (χ2v) is 10.2. The molecular formula is C24H31NO5S. The summed E-state index contributed by atoms with van der Waals surface area (Å²) in [5.74, 6) is 1.37. The van der Waals surface area contributed by atoms with Crippen LogP contribution in [0.4, 0.5) is 0 Å². The molecule has 0 unspecified atom stereocenters. The molecule has 1 fully saturated rings. The van der Waals surface area contributed by atoms with E-state index in [1.54, 1.807) is 36.3 Å². The number of nitrogens with zero attached hydrogens (tertiary/aromatic N) is 1. The van der Waals surface area contributed by atoms with Gasteiger partial charge in [0.05, 0.1) is 25.2 Å². The zero-order valence-corrected chi connectivity index (χ0v) is 19.1. The number of hydrogen-bond acceptors (Lipinski definition) is 5. The molecule has 1 atom stereocenters. The molecule has 3 rings (SSSR count). The summed E-state index contributed by atoms with van der Waals surface area (Å²) in [6.45, 7) is 3.13. The van der Waals surface area contributed by atoms with Crippen molar-refractivity contribution in [3.63, 3.8) is 0 Å². The third kappa shape index (κ3) is 6.47. The number of rotatable bonds is 10. The molecule has 7 heteroatoms. The fraction of sp³-hybridized carbons (Fsp3) is 0.458. The fourth-order valence-electron chi connectivity index (χ4n) is 3.76. The van der Waals surface area contributed by atoms with Crippen LogP contribution in [0.5, 0.6) is 11.5 Å². The molecular weight excluding hydrogens is 414 g/mol. The molecule has 31 heavy (non-hydrogen) atoms. The van der Waals surface area contributed by atoms with Gasteiger partial charge in [-0.3, -0.25) is 4.79 Å². The molecule has 2 aromatic rings. The first-order valence-corrected chi connectivity index (χ1v) is 12.6. The lowest BCUT2D eigenvalue weighted by atomic mass is 10.1. The quantitative estimate of drug-likeness (QED) is 0.515. The van der Waals surface area contributed by atoms with Gasteiger partial charge in [-0.05, 0) is 54.8 Å². The number of sulfone groups is 1. The molecule has 0 radical (unpaired) electrons. The van der Waals surface area contributed by atoms with Crippen LogP contribution in [-0.4, -0.2) is 50.5 Å². The Labute approximate surface area is 185 Å². The maximum Gasteiger partial charge on any atom is 0.254 e. The summed E-state index contributed by atoms with van der Waals surface area (Å²) < 4.78 is 35.2. The summed E-state index contributed by atoms with van der Waals surface area (Å²) in [7, 11) is -1.53. The Balaban J connectivity index is 1.77. The molecule has 2 aromatic carbocycles. The number of carbonyl (C=O) groups excluding carboxylic acids is 1. The van der Waals surface area contributed by atoms with Crippen molar-refractivity contribution in [1.82, 2.24) is 4.90 Å². The highest BCUT2D eigenvalue weighted by molar-refractivity contribution is 7.91. The van der Waals surface area contributed by atoms with Gasteiger partial charge in [-0.2, -0.15) is 0 Å². The molecule has 168 valence electrons. The number of ether oxygens (including phenoxy) is 2. The van der Waals surface area contributed by atoms with Crippen LogP contribution in [-0.2, 0) is 16.4 Å². The van der Waals surface area contributed by atoms with Crippen LogP contribution in [0.15, 0.2) is 48.5 Å². The predicted molar refractivity (Wildman–Crippen MR) is 121 cm³/mol. The monoisotopic (exact) mass is 445 g/mol. The highest BCUT2D eigenvalue weighted by Gasteiger charge is 2.35. The van der Waals surface area contributed by atoms with E-state index in [0.29, 0.717) is 30.9 Å². The van der Waals surface area contributed by atoms with Crippen molar-refractivity contribution < 1.29 is 22.7 Å². The van der Waals surface area contributed by atoms with Crippen LogP contribution < -0.4 is 9.47 Å². The van der Waals surface area contributed by atoms with Crippen LogP contribution in [0.25, 0.3) is 0 Å².